The van der Waals surface area contributed by atoms with Crippen LogP contribution in [0.1, 0.15) is 29.6 Å². The van der Waals surface area contributed by atoms with Crippen molar-refractivity contribution in [2.24, 2.45) is 0 Å². The van der Waals surface area contributed by atoms with Crippen molar-refractivity contribution in [2.75, 3.05) is 24.5 Å². The number of para-hydroxylation sites is 1. The number of amides is 1. The quantitative estimate of drug-likeness (QED) is 0.694. The smallest absolute Gasteiger partial charge is 0.255 e. The van der Waals surface area contributed by atoms with Gasteiger partial charge in [0.15, 0.2) is 0 Å². The summed E-state index contributed by atoms with van der Waals surface area (Å²) in [7, 11) is 0. The van der Waals surface area contributed by atoms with Gasteiger partial charge in [-0.1, -0.05) is 18.2 Å². The summed E-state index contributed by atoms with van der Waals surface area (Å²) in [5, 5.41) is 4.31. The number of benzene rings is 1. The summed E-state index contributed by atoms with van der Waals surface area (Å²) in [6.45, 7) is 3.51. The molecular weight excluding hydrogens is 324 g/mol. The Balaban J connectivity index is 1.34. The van der Waals surface area contributed by atoms with E-state index in [4.69, 9.17) is 0 Å². The maximum atomic E-state index is 12.6. The topological polar surface area (TPSA) is 50.2 Å². The van der Waals surface area contributed by atoms with Crippen LogP contribution in [-0.2, 0) is 6.54 Å². The fourth-order valence-electron chi connectivity index (χ4n) is 3.64. The Hall–Kier alpha value is -2.82. The zero-order valence-electron chi connectivity index (χ0n) is 14.9. The highest BCUT2D eigenvalue weighted by Gasteiger charge is 2.20. The summed E-state index contributed by atoms with van der Waals surface area (Å²) in [6.07, 6.45) is 7.11. The van der Waals surface area contributed by atoms with Crippen molar-refractivity contribution in [1.82, 2.24) is 14.9 Å². The van der Waals surface area contributed by atoms with Gasteiger partial charge in [0.25, 0.3) is 5.91 Å². The van der Waals surface area contributed by atoms with Gasteiger partial charge < -0.3 is 14.8 Å². The van der Waals surface area contributed by atoms with Crippen LogP contribution in [0.5, 0.6) is 0 Å². The third-order valence-electron chi connectivity index (χ3n) is 4.98. The predicted molar refractivity (Wildman–Crippen MR) is 105 cm³/mol. The fraction of sp³-hybridized carbons (Fsp3) is 0.333. The summed E-state index contributed by atoms with van der Waals surface area (Å²) >= 11 is 0. The van der Waals surface area contributed by atoms with Crippen molar-refractivity contribution in [3.63, 3.8) is 0 Å². The highest BCUT2D eigenvalue weighted by atomic mass is 16.1. The molecule has 1 aromatic carbocycles. The van der Waals surface area contributed by atoms with Crippen molar-refractivity contribution in [3.05, 3.63) is 60.4 Å². The molecule has 134 valence electrons. The molecule has 3 aromatic rings. The van der Waals surface area contributed by atoms with Gasteiger partial charge in [0, 0.05) is 44.1 Å². The molecule has 1 aliphatic heterocycles. The second-order valence-corrected chi connectivity index (χ2v) is 6.75. The van der Waals surface area contributed by atoms with Crippen molar-refractivity contribution >= 4 is 22.6 Å². The van der Waals surface area contributed by atoms with Crippen LogP contribution in [0.2, 0.25) is 0 Å². The van der Waals surface area contributed by atoms with E-state index in [1.165, 1.54) is 23.7 Å². The van der Waals surface area contributed by atoms with E-state index in [1.54, 1.807) is 6.20 Å². The lowest BCUT2D eigenvalue weighted by molar-refractivity contribution is 0.0953. The summed E-state index contributed by atoms with van der Waals surface area (Å²) in [4.78, 5) is 19.3. The molecule has 1 amide bonds. The van der Waals surface area contributed by atoms with E-state index >= 15 is 0 Å². The average Bonchev–Trinajstić information content (AvgIpc) is 3.35. The largest absolute Gasteiger partial charge is 0.356 e. The lowest BCUT2D eigenvalue weighted by atomic mass is 10.2. The lowest BCUT2D eigenvalue weighted by Gasteiger charge is -2.19. The Kier molecular flexibility index (Phi) is 4.86. The highest BCUT2D eigenvalue weighted by molar-refractivity contribution is 5.98. The molecule has 2 aromatic heterocycles. The molecule has 3 heterocycles. The first kappa shape index (κ1) is 16.6. The Bertz CT molecular complexity index is 896. The van der Waals surface area contributed by atoms with Crippen LogP contribution in [0.25, 0.3) is 10.9 Å². The van der Waals surface area contributed by atoms with Crippen molar-refractivity contribution < 1.29 is 4.79 Å². The predicted octanol–water partition coefficient (Wildman–Crippen LogP) is 3.46. The normalized spacial score (nSPS) is 14.1. The Morgan fingerprint density at radius 1 is 1.08 bits per heavy atom. The molecule has 1 N–H and O–H groups in total. The zero-order valence-corrected chi connectivity index (χ0v) is 14.9. The first-order chi connectivity index (χ1) is 12.8. The van der Waals surface area contributed by atoms with E-state index < -0.39 is 0 Å². The average molecular weight is 348 g/mol. The number of hydrogen-bond donors (Lipinski definition) is 1. The van der Waals surface area contributed by atoms with Gasteiger partial charge in [-0.05, 0) is 48.9 Å². The van der Waals surface area contributed by atoms with Crippen LogP contribution < -0.4 is 10.2 Å². The van der Waals surface area contributed by atoms with E-state index in [1.807, 2.05) is 12.1 Å². The molecule has 0 unspecified atom stereocenters. The molecule has 0 saturated carbocycles. The van der Waals surface area contributed by atoms with E-state index in [0.717, 1.165) is 31.9 Å². The molecule has 0 atom stereocenters. The molecule has 0 radical (unpaired) electrons. The Labute approximate surface area is 153 Å². The number of fused-ring (bicyclic) bond motifs is 1. The van der Waals surface area contributed by atoms with Gasteiger partial charge in [-0.2, -0.15) is 0 Å². The molecule has 0 bridgehead atoms. The third-order valence-corrected chi connectivity index (χ3v) is 4.98. The van der Waals surface area contributed by atoms with Crippen LogP contribution in [-0.4, -0.2) is 35.1 Å². The molecule has 26 heavy (non-hydrogen) atoms. The van der Waals surface area contributed by atoms with Gasteiger partial charge >= 0.3 is 0 Å². The molecule has 1 fully saturated rings. The van der Waals surface area contributed by atoms with Crippen molar-refractivity contribution in [3.8, 4) is 0 Å². The number of aryl methyl sites for hydroxylation is 1. The SMILES string of the molecule is O=C(NCCCn1ccc2ccccc21)c1cccnc1N1CCCC1. The molecular formula is C21H24N4O. The van der Waals surface area contributed by atoms with Crippen molar-refractivity contribution in [1.29, 1.82) is 0 Å². The first-order valence-electron chi connectivity index (χ1n) is 9.35. The maximum absolute atomic E-state index is 12.6. The Morgan fingerprint density at radius 3 is 2.81 bits per heavy atom. The number of carbonyl (C=O) groups excluding carboxylic acids is 1. The van der Waals surface area contributed by atoms with Gasteiger partial charge in [-0.15, -0.1) is 0 Å². The van der Waals surface area contributed by atoms with Gasteiger partial charge in [0.2, 0.25) is 0 Å². The number of rotatable bonds is 6. The van der Waals surface area contributed by atoms with E-state index in [2.05, 4.69) is 56.3 Å². The van der Waals surface area contributed by atoms with Gasteiger partial charge in [0.05, 0.1) is 5.56 Å². The number of nitrogens with one attached hydrogen (secondary N) is 1. The monoisotopic (exact) mass is 348 g/mol. The second kappa shape index (κ2) is 7.60. The van der Waals surface area contributed by atoms with Gasteiger partial charge in [0.1, 0.15) is 5.82 Å². The van der Waals surface area contributed by atoms with Crippen LogP contribution in [0.3, 0.4) is 0 Å². The molecule has 4 rings (SSSR count). The Morgan fingerprint density at radius 2 is 1.92 bits per heavy atom. The highest BCUT2D eigenvalue weighted by Crippen LogP contribution is 2.21. The molecule has 0 aliphatic carbocycles. The molecule has 5 nitrogen and oxygen atoms in total. The third kappa shape index (κ3) is 3.43. The molecule has 5 heteroatoms. The number of anilines is 1. The summed E-state index contributed by atoms with van der Waals surface area (Å²) in [6, 6.07) is 14.2. The van der Waals surface area contributed by atoms with Gasteiger partial charge in [-0.25, -0.2) is 4.98 Å². The number of hydrogen-bond acceptors (Lipinski definition) is 3. The van der Waals surface area contributed by atoms with E-state index in [-0.39, 0.29) is 5.91 Å². The van der Waals surface area contributed by atoms with E-state index in [9.17, 15) is 4.79 Å². The number of aromatic nitrogens is 2. The van der Waals surface area contributed by atoms with Crippen LogP contribution in [0.4, 0.5) is 5.82 Å². The summed E-state index contributed by atoms with van der Waals surface area (Å²) in [5.41, 5.74) is 1.92. The van der Waals surface area contributed by atoms with Crippen LogP contribution >= 0.6 is 0 Å². The summed E-state index contributed by atoms with van der Waals surface area (Å²) in [5.74, 6) is 0.788. The maximum Gasteiger partial charge on any atom is 0.255 e. The van der Waals surface area contributed by atoms with Crippen LogP contribution in [0.15, 0.2) is 54.9 Å². The molecule has 0 spiro atoms. The number of nitrogens with zero attached hydrogens (tertiary/aromatic N) is 3. The minimum atomic E-state index is -0.0302. The first-order valence-corrected chi connectivity index (χ1v) is 9.35. The molecule has 1 aliphatic rings. The van der Waals surface area contributed by atoms with Crippen molar-refractivity contribution in [2.45, 2.75) is 25.8 Å². The summed E-state index contributed by atoms with van der Waals surface area (Å²) < 4.78 is 2.24. The number of pyridine rings is 1. The van der Waals surface area contributed by atoms with E-state index in [0.29, 0.717) is 12.1 Å². The lowest BCUT2D eigenvalue weighted by Crippen LogP contribution is -2.29. The number of carbonyl (C=O) groups is 1. The second-order valence-electron chi connectivity index (χ2n) is 6.75. The van der Waals surface area contributed by atoms with Crippen LogP contribution in [0, 0.1) is 0 Å². The van der Waals surface area contributed by atoms with Gasteiger partial charge in [-0.3, -0.25) is 4.79 Å². The standard InChI is InChI=1S/C21H24N4O/c26-21(18-8-5-11-22-20(18)25-13-3-4-14-25)23-12-6-15-24-16-10-17-7-1-2-9-19(17)24/h1-2,5,7-11,16H,3-4,6,12-15H2,(H,23,26). The zero-order chi connectivity index (χ0) is 17.8. The minimum absolute atomic E-state index is 0.0302. The molecule has 1 saturated heterocycles. The minimum Gasteiger partial charge on any atom is -0.356 e. The fourth-order valence-corrected chi connectivity index (χ4v) is 3.64.